The maximum Gasteiger partial charge on any atom is 0.222 e. The quantitative estimate of drug-likeness (QED) is 0.782. The van der Waals surface area contributed by atoms with Gasteiger partial charge in [0.25, 0.3) is 0 Å². The molecule has 1 amide bonds. The lowest BCUT2D eigenvalue weighted by Crippen LogP contribution is -2.42. The highest BCUT2D eigenvalue weighted by molar-refractivity contribution is 5.99. The smallest absolute Gasteiger partial charge is 0.222 e. The summed E-state index contributed by atoms with van der Waals surface area (Å²) < 4.78 is 0. The van der Waals surface area contributed by atoms with E-state index in [9.17, 15) is 4.79 Å². The first-order valence-corrected chi connectivity index (χ1v) is 9.73. The highest BCUT2D eigenvalue weighted by Gasteiger charge is 2.32. The predicted molar refractivity (Wildman–Crippen MR) is 106 cm³/mol. The van der Waals surface area contributed by atoms with Gasteiger partial charge in [0, 0.05) is 55.8 Å². The number of nitrogens with zero attached hydrogens (tertiary/aromatic N) is 3. The summed E-state index contributed by atoms with van der Waals surface area (Å²) in [6, 6.07) is 8.49. The second-order valence-corrected chi connectivity index (χ2v) is 8.01. The molecule has 1 aromatic heterocycles. The van der Waals surface area contributed by atoms with E-state index in [0.717, 1.165) is 37.0 Å². The van der Waals surface area contributed by atoms with Crippen LogP contribution in [-0.2, 0) is 4.79 Å². The number of carbonyl (C=O) groups is 1. The van der Waals surface area contributed by atoms with E-state index in [0.29, 0.717) is 23.7 Å². The SMILES string of the molecule is C/N=C/c1ccc(C2CC(C)CN(C(=O)CC3CC3)C2)c2cccnc12. The van der Waals surface area contributed by atoms with Gasteiger partial charge in [-0.1, -0.05) is 25.1 Å². The highest BCUT2D eigenvalue weighted by atomic mass is 16.2. The standard InChI is InChI=1S/C22H27N3O/c1-15-10-18(14-25(13-15)21(26)11-16-5-6-16)19-8-7-17(12-23-2)22-20(19)4-3-9-24-22/h3-4,7-9,12,15-16,18H,5-6,10-11,13-14H2,1-2H3/b23-12+. The third-order valence-corrected chi connectivity index (χ3v) is 5.72. The highest BCUT2D eigenvalue weighted by Crippen LogP contribution is 2.37. The van der Waals surface area contributed by atoms with Gasteiger partial charge in [-0.15, -0.1) is 0 Å². The van der Waals surface area contributed by atoms with Crippen LogP contribution in [0.4, 0.5) is 0 Å². The molecule has 2 aromatic rings. The third-order valence-electron chi connectivity index (χ3n) is 5.72. The first-order valence-electron chi connectivity index (χ1n) is 9.73. The zero-order chi connectivity index (χ0) is 18.1. The summed E-state index contributed by atoms with van der Waals surface area (Å²) in [4.78, 5) is 23.5. The van der Waals surface area contributed by atoms with E-state index in [1.807, 2.05) is 18.5 Å². The molecule has 1 aliphatic heterocycles. The Kier molecular flexibility index (Phi) is 4.75. The molecule has 0 spiro atoms. The van der Waals surface area contributed by atoms with E-state index in [-0.39, 0.29) is 0 Å². The molecule has 26 heavy (non-hydrogen) atoms. The average Bonchev–Trinajstić information content (AvgIpc) is 3.45. The van der Waals surface area contributed by atoms with Gasteiger partial charge in [0.1, 0.15) is 0 Å². The zero-order valence-electron chi connectivity index (χ0n) is 15.7. The molecule has 1 aromatic carbocycles. The number of amides is 1. The van der Waals surface area contributed by atoms with Crippen molar-refractivity contribution in [3.8, 4) is 0 Å². The first-order chi connectivity index (χ1) is 12.7. The van der Waals surface area contributed by atoms with Crippen LogP contribution in [0.5, 0.6) is 0 Å². The van der Waals surface area contributed by atoms with Crippen LogP contribution < -0.4 is 0 Å². The number of carbonyl (C=O) groups excluding carboxylic acids is 1. The van der Waals surface area contributed by atoms with Gasteiger partial charge >= 0.3 is 0 Å². The lowest BCUT2D eigenvalue weighted by atomic mass is 9.83. The van der Waals surface area contributed by atoms with E-state index in [1.54, 1.807) is 7.05 Å². The molecule has 4 heteroatoms. The summed E-state index contributed by atoms with van der Waals surface area (Å²) in [7, 11) is 1.79. The van der Waals surface area contributed by atoms with E-state index in [2.05, 4.69) is 40.0 Å². The van der Waals surface area contributed by atoms with Crippen molar-refractivity contribution in [2.24, 2.45) is 16.8 Å². The van der Waals surface area contributed by atoms with E-state index >= 15 is 0 Å². The van der Waals surface area contributed by atoms with E-state index < -0.39 is 0 Å². The molecule has 2 atom stereocenters. The fourth-order valence-electron chi connectivity index (χ4n) is 4.29. The van der Waals surface area contributed by atoms with Gasteiger partial charge in [0.05, 0.1) is 5.52 Å². The van der Waals surface area contributed by atoms with Crippen LogP contribution in [0, 0.1) is 11.8 Å². The second-order valence-electron chi connectivity index (χ2n) is 8.01. The summed E-state index contributed by atoms with van der Waals surface area (Å²) in [5.74, 6) is 1.90. The molecule has 1 saturated heterocycles. The van der Waals surface area contributed by atoms with Gasteiger partial charge in [-0.25, -0.2) is 0 Å². The molecule has 2 unspecified atom stereocenters. The Morgan fingerprint density at radius 3 is 2.92 bits per heavy atom. The Labute approximate surface area is 155 Å². The summed E-state index contributed by atoms with van der Waals surface area (Å²) >= 11 is 0. The molecule has 136 valence electrons. The van der Waals surface area contributed by atoms with Crippen molar-refractivity contribution in [3.05, 3.63) is 41.6 Å². The molecule has 2 heterocycles. The van der Waals surface area contributed by atoms with Crippen molar-refractivity contribution in [3.63, 3.8) is 0 Å². The van der Waals surface area contributed by atoms with Crippen LogP contribution in [0.1, 0.15) is 49.7 Å². The Balaban J connectivity index is 1.65. The average molecular weight is 349 g/mol. The van der Waals surface area contributed by atoms with Crippen molar-refractivity contribution in [2.45, 2.75) is 38.5 Å². The molecule has 2 fully saturated rings. The van der Waals surface area contributed by atoms with Crippen LogP contribution in [0.15, 0.2) is 35.5 Å². The summed E-state index contributed by atoms with van der Waals surface area (Å²) in [5, 5.41) is 1.19. The molecular weight excluding hydrogens is 322 g/mol. The number of pyridine rings is 1. The predicted octanol–water partition coefficient (Wildman–Crippen LogP) is 4.04. The number of likely N-dealkylation sites (tertiary alicyclic amines) is 1. The van der Waals surface area contributed by atoms with Crippen LogP contribution in [0.25, 0.3) is 10.9 Å². The van der Waals surface area contributed by atoms with Gasteiger partial charge in [-0.2, -0.15) is 0 Å². The van der Waals surface area contributed by atoms with Crippen molar-refractivity contribution >= 4 is 23.0 Å². The second kappa shape index (κ2) is 7.18. The summed E-state index contributed by atoms with van der Waals surface area (Å²) in [6.45, 7) is 4.00. The lowest BCUT2D eigenvalue weighted by Gasteiger charge is -2.37. The van der Waals surface area contributed by atoms with Crippen molar-refractivity contribution in [1.29, 1.82) is 0 Å². The summed E-state index contributed by atoms with van der Waals surface area (Å²) in [6.07, 6.45) is 8.04. The maximum atomic E-state index is 12.7. The maximum absolute atomic E-state index is 12.7. The summed E-state index contributed by atoms with van der Waals surface area (Å²) in [5.41, 5.74) is 3.37. The van der Waals surface area contributed by atoms with Gasteiger partial charge in [-0.3, -0.25) is 14.8 Å². The van der Waals surface area contributed by atoms with Gasteiger partial charge < -0.3 is 4.90 Å². The first kappa shape index (κ1) is 17.2. The monoisotopic (exact) mass is 349 g/mol. The molecule has 0 bridgehead atoms. The van der Waals surface area contributed by atoms with Crippen LogP contribution in [-0.4, -0.2) is 42.1 Å². The topological polar surface area (TPSA) is 45.6 Å². The molecule has 4 nitrogen and oxygen atoms in total. The minimum atomic E-state index is 0.348. The lowest BCUT2D eigenvalue weighted by molar-refractivity contribution is -0.133. The Morgan fingerprint density at radius 2 is 2.15 bits per heavy atom. The molecule has 2 aliphatic rings. The molecular formula is C22H27N3O. The van der Waals surface area contributed by atoms with E-state index in [4.69, 9.17) is 0 Å². The number of hydrogen-bond acceptors (Lipinski definition) is 3. The Morgan fingerprint density at radius 1 is 1.31 bits per heavy atom. The molecule has 1 aliphatic carbocycles. The number of fused-ring (bicyclic) bond motifs is 1. The Hall–Kier alpha value is -2.23. The van der Waals surface area contributed by atoms with Gasteiger partial charge in [0.2, 0.25) is 5.91 Å². The van der Waals surface area contributed by atoms with Crippen molar-refractivity contribution in [1.82, 2.24) is 9.88 Å². The number of piperidine rings is 1. The minimum Gasteiger partial charge on any atom is -0.342 e. The number of rotatable bonds is 4. The van der Waals surface area contributed by atoms with Crippen molar-refractivity contribution < 1.29 is 4.79 Å². The zero-order valence-corrected chi connectivity index (χ0v) is 15.7. The van der Waals surface area contributed by atoms with Crippen LogP contribution in [0.3, 0.4) is 0 Å². The third kappa shape index (κ3) is 3.50. The minimum absolute atomic E-state index is 0.348. The number of hydrogen-bond donors (Lipinski definition) is 0. The van der Waals surface area contributed by atoms with Crippen LogP contribution in [0.2, 0.25) is 0 Å². The fraction of sp³-hybridized carbons (Fsp3) is 0.500. The van der Waals surface area contributed by atoms with Gasteiger partial charge in [0.15, 0.2) is 0 Å². The van der Waals surface area contributed by atoms with Crippen molar-refractivity contribution in [2.75, 3.05) is 20.1 Å². The normalized spacial score (nSPS) is 23.7. The van der Waals surface area contributed by atoms with E-state index in [1.165, 1.54) is 23.8 Å². The molecule has 1 saturated carbocycles. The molecule has 0 radical (unpaired) electrons. The van der Waals surface area contributed by atoms with Crippen LogP contribution >= 0.6 is 0 Å². The van der Waals surface area contributed by atoms with Gasteiger partial charge in [-0.05, 0) is 42.7 Å². The molecule has 0 N–H and O–H groups in total. The largest absolute Gasteiger partial charge is 0.342 e. The Bertz CT molecular complexity index is 840. The number of aliphatic imine (C=N–C) groups is 1. The molecule has 4 rings (SSSR count). The fourth-order valence-corrected chi connectivity index (χ4v) is 4.29. The number of benzene rings is 1. The number of aromatic nitrogens is 1.